The minimum atomic E-state index is 0.540. The summed E-state index contributed by atoms with van der Waals surface area (Å²) in [5, 5.41) is 7.85. The van der Waals surface area contributed by atoms with Crippen LogP contribution in [0.15, 0.2) is 12.4 Å². The molecule has 3 nitrogen and oxygen atoms in total. The van der Waals surface area contributed by atoms with Crippen LogP contribution in [0.5, 0.6) is 0 Å². The zero-order valence-corrected chi connectivity index (χ0v) is 10.4. The van der Waals surface area contributed by atoms with Gasteiger partial charge in [-0.25, -0.2) is 0 Å². The summed E-state index contributed by atoms with van der Waals surface area (Å²) in [5.74, 6) is 0.866. The molecular weight excluding hydrogens is 198 g/mol. The van der Waals surface area contributed by atoms with Gasteiger partial charge in [0, 0.05) is 30.9 Å². The van der Waals surface area contributed by atoms with Gasteiger partial charge in [-0.05, 0) is 18.8 Å². The molecule has 1 fully saturated rings. The maximum absolute atomic E-state index is 4.43. The third-order valence-corrected chi connectivity index (χ3v) is 3.32. The molecule has 1 aliphatic carbocycles. The number of hydrogen-bond donors (Lipinski definition) is 1. The molecule has 0 atom stereocenters. The summed E-state index contributed by atoms with van der Waals surface area (Å²) in [5.41, 5.74) is 1.30. The number of aromatic nitrogens is 2. The Hall–Kier alpha value is -0.830. The summed E-state index contributed by atoms with van der Waals surface area (Å²) < 4.78 is 2.12. The van der Waals surface area contributed by atoms with Gasteiger partial charge in [0.05, 0.1) is 6.20 Å². The van der Waals surface area contributed by atoms with Crippen molar-refractivity contribution in [3.8, 4) is 0 Å². The van der Waals surface area contributed by atoms with Gasteiger partial charge in [-0.15, -0.1) is 0 Å². The molecule has 0 saturated heterocycles. The van der Waals surface area contributed by atoms with Crippen molar-refractivity contribution < 1.29 is 0 Å². The Balaban J connectivity index is 1.81. The van der Waals surface area contributed by atoms with Crippen LogP contribution in [0.2, 0.25) is 0 Å². The standard InChI is InChI=1S/C13H23N3/c1-11(2)14-7-13-8-15-16(10-13)9-12-5-3-4-6-12/h8,10-12,14H,3-7,9H2,1-2H3. The molecule has 0 bridgehead atoms. The van der Waals surface area contributed by atoms with E-state index in [1.807, 2.05) is 6.20 Å². The van der Waals surface area contributed by atoms with Gasteiger partial charge in [-0.3, -0.25) is 4.68 Å². The first kappa shape index (κ1) is 11.6. The first-order valence-corrected chi connectivity index (χ1v) is 6.49. The normalized spacial score (nSPS) is 17.4. The van der Waals surface area contributed by atoms with Gasteiger partial charge in [0.25, 0.3) is 0 Å². The molecule has 0 aliphatic heterocycles. The van der Waals surface area contributed by atoms with Crippen molar-refractivity contribution in [3.05, 3.63) is 18.0 Å². The fourth-order valence-electron chi connectivity index (χ4n) is 2.38. The minimum absolute atomic E-state index is 0.540. The van der Waals surface area contributed by atoms with Crippen molar-refractivity contribution in [1.29, 1.82) is 0 Å². The lowest BCUT2D eigenvalue weighted by molar-refractivity contribution is 0.428. The lowest BCUT2D eigenvalue weighted by atomic mass is 10.1. The smallest absolute Gasteiger partial charge is 0.0534 e. The molecule has 3 heteroatoms. The maximum Gasteiger partial charge on any atom is 0.0534 e. The Morgan fingerprint density at radius 1 is 1.44 bits per heavy atom. The van der Waals surface area contributed by atoms with E-state index in [4.69, 9.17) is 0 Å². The summed E-state index contributed by atoms with van der Waals surface area (Å²) >= 11 is 0. The number of nitrogens with one attached hydrogen (secondary N) is 1. The molecule has 16 heavy (non-hydrogen) atoms. The second-order valence-electron chi connectivity index (χ2n) is 5.26. The Kier molecular flexibility index (Phi) is 3.99. The Morgan fingerprint density at radius 3 is 2.88 bits per heavy atom. The zero-order chi connectivity index (χ0) is 11.4. The largest absolute Gasteiger partial charge is 0.310 e. The van der Waals surface area contributed by atoms with E-state index in [9.17, 15) is 0 Å². The molecule has 0 radical (unpaired) electrons. The van der Waals surface area contributed by atoms with Gasteiger partial charge in [0.1, 0.15) is 0 Å². The lowest BCUT2D eigenvalue weighted by Crippen LogP contribution is -2.21. The number of rotatable bonds is 5. The molecule has 0 spiro atoms. The Bertz CT molecular complexity index is 311. The van der Waals surface area contributed by atoms with Crippen LogP contribution in [0.25, 0.3) is 0 Å². The summed E-state index contributed by atoms with van der Waals surface area (Å²) in [4.78, 5) is 0. The van der Waals surface area contributed by atoms with E-state index in [-0.39, 0.29) is 0 Å². The van der Waals surface area contributed by atoms with E-state index in [1.54, 1.807) is 0 Å². The predicted octanol–water partition coefficient (Wildman–Crippen LogP) is 2.57. The van der Waals surface area contributed by atoms with Crippen molar-refractivity contribution in [1.82, 2.24) is 15.1 Å². The highest BCUT2D eigenvalue weighted by atomic mass is 15.3. The SMILES string of the molecule is CC(C)NCc1cnn(CC2CCCC2)c1. The van der Waals surface area contributed by atoms with E-state index < -0.39 is 0 Å². The van der Waals surface area contributed by atoms with Gasteiger partial charge in [-0.1, -0.05) is 26.7 Å². The van der Waals surface area contributed by atoms with E-state index in [1.165, 1.54) is 31.2 Å². The van der Waals surface area contributed by atoms with Crippen LogP contribution < -0.4 is 5.32 Å². The summed E-state index contributed by atoms with van der Waals surface area (Å²) in [6.07, 6.45) is 9.78. The van der Waals surface area contributed by atoms with Crippen molar-refractivity contribution in [3.63, 3.8) is 0 Å². The summed E-state index contributed by atoms with van der Waals surface area (Å²) in [7, 11) is 0. The van der Waals surface area contributed by atoms with Crippen LogP contribution in [-0.4, -0.2) is 15.8 Å². The van der Waals surface area contributed by atoms with Crippen molar-refractivity contribution in [2.75, 3.05) is 0 Å². The zero-order valence-electron chi connectivity index (χ0n) is 10.4. The Labute approximate surface area is 98.2 Å². The van der Waals surface area contributed by atoms with Crippen LogP contribution in [-0.2, 0) is 13.1 Å². The van der Waals surface area contributed by atoms with Gasteiger partial charge in [0.2, 0.25) is 0 Å². The predicted molar refractivity (Wildman–Crippen MR) is 66.2 cm³/mol. The Morgan fingerprint density at radius 2 is 2.19 bits per heavy atom. The van der Waals surface area contributed by atoms with Crippen LogP contribution in [0.1, 0.15) is 45.1 Å². The lowest BCUT2D eigenvalue weighted by Gasteiger charge is -2.08. The van der Waals surface area contributed by atoms with Gasteiger partial charge in [0.15, 0.2) is 0 Å². The minimum Gasteiger partial charge on any atom is -0.310 e. The van der Waals surface area contributed by atoms with E-state index >= 15 is 0 Å². The maximum atomic E-state index is 4.43. The molecule has 0 amide bonds. The van der Waals surface area contributed by atoms with Crippen molar-refractivity contribution in [2.24, 2.45) is 5.92 Å². The van der Waals surface area contributed by atoms with E-state index in [0.717, 1.165) is 19.0 Å². The highest BCUT2D eigenvalue weighted by molar-refractivity contribution is 5.03. The van der Waals surface area contributed by atoms with Gasteiger partial charge in [-0.2, -0.15) is 5.10 Å². The third-order valence-electron chi connectivity index (χ3n) is 3.32. The first-order chi connectivity index (χ1) is 7.74. The number of hydrogen-bond acceptors (Lipinski definition) is 2. The van der Waals surface area contributed by atoms with Crippen LogP contribution in [0, 0.1) is 5.92 Å². The summed E-state index contributed by atoms with van der Waals surface area (Å²) in [6, 6.07) is 0.540. The highest BCUT2D eigenvalue weighted by Gasteiger charge is 2.15. The average Bonchev–Trinajstić information content (AvgIpc) is 2.87. The molecule has 1 N–H and O–H groups in total. The quantitative estimate of drug-likeness (QED) is 0.828. The average molecular weight is 221 g/mol. The molecular formula is C13H23N3. The third kappa shape index (κ3) is 3.34. The van der Waals surface area contributed by atoms with E-state index in [2.05, 4.69) is 35.1 Å². The second-order valence-corrected chi connectivity index (χ2v) is 5.26. The molecule has 1 saturated carbocycles. The molecule has 2 rings (SSSR count). The molecule has 1 aliphatic rings. The molecule has 1 aromatic heterocycles. The van der Waals surface area contributed by atoms with Gasteiger partial charge < -0.3 is 5.32 Å². The molecule has 0 unspecified atom stereocenters. The first-order valence-electron chi connectivity index (χ1n) is 6.49. The fraction of sp³-hybridized carbons (Fsp3) is 0.769. The number of nitrogens with zero attached hydrogens (tertiary/aromatic N) is 2. The second kappa shape index (κ2) is 5.48. The molecule has 0 aromatic carbocycles. The van der Waals surface area contributed by atoms with Crippen LogP contribution in [0.4, 0.5) is 0 Å². The molecule has 1 heterocycles. The topological polar surface area (TPSA) is 29.9 Å². The van der Waals surface area contributed by atoms with Crippen molar-refractivity contribution in [2.45, 2.75) is 58.7 Å². The van der Waals surface area contributed by atoms with Crippen LogP contribution >= 0.6 is 0 Å². The molecule has 90 valence electrons. The monoisotopic (exact) mass is 221 g/mol. The molecule has 1 aromatic rings. The van der Waals surface area contributed by atoms with Crippen LogP contribution in [0.3, 0.4) is 0 Å². The fourth-order valence-corrected chi connectivity index (χ4v) is 2.38. The van der Waals surface area contributed by atoms with Crippen molar-refractivity contribution >= 4 is 0 Å². The summed E-state index contributed by atoms with van der Waals surface area (Å²) in [6.45, 7) is 6.38. The highest BCUT2D eigenvalue weighted by Crippen LogP contribution is 2.25. The van der Waals surface area contributed by atoms with Gasteiger partial charge >= 0.3 is 0 Å². The van der Waals surface area contributed by atoms with E-state index in [0.29, 0.717) is 6.04 Å².